The van der Waals surface area contributed by atoms with Crippen LogP contribution in [0.3, 0.4) is 0 Å². The number of aliphatic hydroxyl groups is 2. The lowest BCUT2D eigenvalue weighted by atomic mass is 10.1. The lowest BCUT2D eigenvalue weighted by Crippen LogP contribution is -2.32. The fourth-order valence-electron chi connectivity index (χ4n) is 2.24. The SMILES string of the molecule is Cc1ncnc2c1ncn2[C@@H]1O[C@H](CI)[C@H](O)[C@@H]1O. The van der Waals surface area contributed by atoms with Gasteiger partial charge >= 0.3 is 0 Å². The summed E-state index contributed by atoms with van der Waals surface area (Å²) in [4.78, 5) is 12.5. The summed E-state index contributed by atoms with van der Waals surface area (Å²) in [6, 6.07) is 0. The fourth-order valence-corrected chi connectivity index (χ4v) is 2.97. The summed E-state index contributed by atoms with van der Waals surface area (Å²) in [7, 11) is 0. The van der Waals surface area contributed by atoms with Crippen molar-refractivity contribution in [2.75, 3.05) is 4.43 Å². The van der Waals surface area contributed by atoms with Crippen molar-refractivity contribution in [3.8, 4) is 0 Å². The Labute approximate surface area is 122 Å². The van der Waals surface area contributed by atoms with Crippen molar-refractivity contribution < 1.29 is 14.9 Å². The number of ether oxygens (including phenoxy) is 1. The van der Waals surface area contributed by atoms with Crippen LogP contribution in [0, 0.1) is 6.92 Å². The summed E-state index contributed by atoms with van der Waals surface area (Å²) in [6.45, 7) is 1.84. The normalized spacial score (nSPS) is 31.2. The van der Waals surface area contributed by atoms with Gasteiger partial charge < -0.3 is 14.9 Å². The molecule has 3 heterocycles. The standard InChI is InChI=1S/C11H13IN4O3/c1-5-7-10(14-3-13-5)16(4-15-7)11-9(18)8(17)6(2-12)19-11/h3-4,6,8-9,11,17-18H,2H2,1H3/t6-,8+,9+,11-/m1/s1. The molecule has 0 amide bonds. The Morgan fingerprint density at radius 2 is 2.11 bits per heavy atom. The van der Waals surface area contributed by atoms with E-state index in [0.29, 0.717) is 15.6 Å². The van der Waals surface area contributed by atoms with Crippen molar-refractivity contribution in [3.05, 3.63) is 18.3 Å². The number of rotatable bonds is 2. The zero-order valence-electron chi connectivity index (χ0n) is 10.1. The number of halogens is 1. The highest BCUT2D eigenvalue weighted by molar-refractivity contribution is 14.1. The molecule has 8 heteroatoms. The molecule has 7 nitrogen and oxygen atoms in total. The lowest BCUT2D eigenvalue weighted by Gasteiger charge is -2.16. The molecular formula is C11H13IN4O3. The second-order valence-corrected chi connectivity index (χ2v) is 5.36. The van der Waals surface area contributed by atoms with Gasteiger partial charge in [-0.3, -0.25) is 4.57 Å². The van der Waals surface area contributed by atoms with E-state index in [4.69, 9.17) is 4.74 Å². The van der Waals surface area contributed by atoms with Crippen molar-refractivity contribution in [1.82, 2.24) is 19.5 Å². The molecule has 0 unspecified atom stereocenters. The summed E-state index contributed by atoms with van der Waals surface area (Å²) >= 11 is 2.12. The Hall–Kier alpha value is -0.840. The maximum absolute atomic E-state index is 10.1. The molecule has 1 fully saturated rings. The minimum atomic E-state index is -0.993. The molecule has 19 heavy (non-hydrogen) atoms. The van der Waals surface area contributed by atoms with Crippen molar-refractivity contribution in [2.45, 2.75) is 31.5 Å². The third kappa shape index (κ3) is 2.02. The first-order valence-electron chi connectivity index (χ1n) is 5.85. The van der Waals surface area contributed by atoms with Crippen LogP contribution in [-0.2, 0) is 4.74 Å². The molecule has 2 aromatic rings. The highest BCUT2D eigenvalue weighted by Gasteiger charge is 2.43. The van der Waals surface area contributed by atoms with Gasteiger partial charge in [0.1, 0.15) is 24.1 Å². The van der Waals surface area contributed by atoms with Gasteiger partial charge in [-0.05, 0) is 6.92 Å². The van der Waals surface area contributed by atoms with E-state index in [1.165, 1.54) is 6.33 Å². The molecule has 102 valence electrons. The molecule has 3 rings (SSSR count). The minimum Gasteiger partial charge on any atom is -0.387 e. The molecular weight excluding hydrogens is 363 g/mol. The van der Waals surface area contributed by atoms with Crippen molar-refractivity contribution in [3.63, 3.8) is 0 Å². The average Bonchev–Trinajstić information content (AvgIpc) is 2.94. The summed E-state index contributed by atoms with van der Waals surface area (Å²) in [6.07, 6.45) is 0.0520. The van der Waals surface area contributed by atoms with E-state index in [2.05, 4.69) is 37.5 Å². The first-order chi connectivity index (χ1) is 9.13. The molecule has 0 spiro atoms. The Kier molecular flexibility index (Phi) is 3.41. The highest BCUT2D eigenvalue weighted by Crippen LogP contribution is 2.32. The van der Waals surface area contributed by atoms with Crippen LogP contribution >= 0.6 is 22.6 Å². The van der Waals surface area contributed by atoms with E-state index in [9.17, 15) is 10.2 Å². The van der Waals surface area contributed by atoms with Crippen molar-refractivity contribution >= 4 is 33.8 Å². The van der Waals surface area contributed by atoms with Crippen LogP contribution in [0.4, 0.5) is 0 Å². The Morgan fingerprint density at radius 1 is 1.32 bits per heavy atom. The zero-order valence-corrected chi connectivity index (χ0v) is 12.3. The van der Waals surface area contributed by atoms with E-state index in [1.54, 1.807) is 10.9 Å². The van der Waals surface area contributed by atoms with Gasteiger partial charge in [0.25, 0.3) is 0 Å². The van der Waals surface area contributed by atoms with Crippen molar-refractivity contribution in [2.24, 2.45) is 0 Å². The van der Waals surface area contributed by atoms with Crippen LogP contribution in [0.5, 0.6) is 0 Å². The molecule has 0 radical (unpaired) electrons. The fraction of sp³-hybridized carbons (Fsp3) is 0.545. The van der Waals surface area contributed by atoms with E-state index in [0.717, 1.165) is 5.69 Å². The maximum atomic E-state index is 10.1. The number of aromatic nitrogens is 4. The van der Waals surface area contributed by atoms with E-state index in [-0.39, 0.29) is 6.10 Å². The van der Waals surface area contributed by atoms with Crippen LogP contribution in [0.2, 0.25) is 0 Å². The molecule has 4 atom stereocenters. The Bertz CT molecular complexity index is 605. The Balaban J connectivity index is 2.04. The lowest BCUT2D eigenvalue weighted by molar-refractivity contribution is -0.0283. The van der Waals surface area contributed by atoms with Gasteiger partial charge in [0, 0.05) is 4.43 Å². The number of aliphatic hydroxyl groups excluding tert-OH is 2. The third-order valence-corrected chi connectivity index (χ3v) is 4.17. The van der Waals surface area contributed by atoms with Crippen LogP contribution < -0.4 is 0 Å². The molecule has 2 aromatic heterocycles. The van der Waals surface area contributed by atoms with Crippen LogP contribution in [0.15, 0.2) is 12.7 Å². The van der Waals surface area contributed by atoms with Crippen LogP contribution in [-0.4, -0.2) is 52.5 Å². The quantitative estimate of drug-likeness (QED) is 0.574. The van der Waals surface area contributed by atoms with Gasteiger partial charge in [-0.1, -0.05) is 22.6 Å². The molecule has 1 saturated heterocycles. The number of alkyl halides is 1. The molecule has 0 aliphatic carbocycles. The van der Waals surface area contributed by atoms with Gasteiger partial charge in [-0.25, -0.2) is 15.0 Å². The van der Waals surface area contributed by atoms with E-state index < -0.39 is 18.4 Å². The second-order valence-electron chi connectivity index (χ2n) is 4.48. The van der Waals surface area contributed by atoms with Gasteiger partial charge in [-0.2, -0.15) is 0 Å². The molecule has 0 bridgehead atoms. The first kappa shape index (κ1) is 13.2. The smallest absolute Gasteiger partial charge is 0.165 e. The van der Waals surface area contributed by atoms with Gasteiger partial charge in [0.2, 0.25) is 0 Å². The molecule has 1 aliphatic heterocycles. The van der Waals surface area contributed by atoms with Gasteiger partial charge in [0.15, 0.2) is 11.9 Å². The maximum Gasteiger partial charge on any atom is 0.165 e. The number of nitrogens with zero attached hydrogens (tertiary/aromatic N) is 4. The summed E-state index contributed by atoms with van der Waals surface area (Å²) in [5.74, 6) is 0. The van der Waals surface area contributed by atoms with E-state index >= 15 is 0 Å². The first-order valence-corrected chi connectivity index (χ1v) is 7.37. The Morgan fingerprint density at radius 3 is 2.79 bits per heavy atom. The average molecular weight is 376 g/mol. The molecule has 1 aliphatic rings. The monoisotopic (exact) mass is 376 g/mol. The molecule has 0 saturated carbocycles. The summed E-state index contributed by atoms with van der Waals surface area (Å²) < 4.78 is 7.93. The predicted octanol–water partition coefficient (Wildman–Crippen LogP) is 0.189. The summed E-state index contributed by atoms with van der Waals surface area (Å²) in [5, 5.41) is 20.0. The topological polar surface area (TPSA) is 93.3 Å². The van der Waals surface area contributed by atoms with Gasteiger partial charge in [-0.15, -0.1) is 0 Å². The zero-order chi connectivity index (χ0) is 13.6. The van der Waals surface area contributed by atoms with Crippen molar-refractivity contribution in [1.29, 1.82) is 0 Å². The number of fused-ring (bicyclic) bond motifs is 1. The molecule has 0 aromatic carbocycles. The summed E-state index contributed by atoms with van der Waals surface area (Å²) in [5.41, 5.74) is 2.03. The second kappa shape index (κ2) is 4.93. The van der Waals surface area contributed by atoms with Gasteiger partial charge in [0.05, 0.1) is 18.1 Å². The van der Waals surface area contributed by atoms with Crippen LogP contribution in [0.25, 0.3) is 11.2 Å². The number of imidazole rings is 1. The third-order valence-electron chi connectivity index (χ3n) is 3.31. The number of hydrogen-bond donors (Lipinski definition) is 2. The number of aryl methyl sites for hydroxylation is 1. The predicted molar refractivity (Wildman–Crippen MR) is 74.9 cm³/mol. The minimum absolute atomic E-state index is 0.388. The van der Waals surface area contributed by atoms with E-state index in [1.807, 2.05) is 6.92 Å². The van der Waals surface area contributed by atoms with Crippen LogP contribution in [0.1, 0.15) is 11.9 Å². The largest absolute Gasteiger partial charge is 0.387 e. The highest BCUT2D eigenvalue weighted by atomic mass is 127. The molecule has 2 N–H and O–H groups in total. The number of hydrogen-bond acceptors (Lipinski definition) is 6.